The molecule has 4 nitrogen and oxygen atoms in total. The minimum atomic E-state index is -0.389. The minimum absolute atomic E-state index is 0.114. The average molecular weight is 257 g/mol. The number of ether oxygens (including phenoxy) is 2. The van der Waals surface area contributed by atoms with E-state index in [-0.39, 0.29) is 17.7 Å². The predicted octanol–water partition coefficient (Wildman–Crippen LogP) is 2.22. The van der Waals surface area contributed by atoms with Gasteiger partial charge in [-0.05, 0) is 34.1 Å². The molecule has 0 radical (unpaired) electrons. The van der Waals surface area contributed by atoms with E-state index in [4.69, 9.17) is 9.47 Å². The maximum Gasteiger partial charge on any atom is 0.307 e. The quantitative estimate of drug-likeness (QED) is 0.724. The second kappa shape index (κ2) is 6.53. The highest BCUT2D eigenvalue weighted by molar-refractivity contribution is 5.70. The number of morpholine rings is 1. The Morgan fingerprint density at radius 3 is 2.67 bits per heavy atom. The SMILES string of the molecule is CCC1COC(C)CN1CCC(=O)OC(C)(C)C. The van der Waals surface area contributed by atoms with E-state index in [0.29, 0.717) is 12.5 Å². The Labute approximate surface area is 111 Å². The standard InChI is InChI=1S/C14H27NO3/c1-6-12-10-17-11(2)9-15(12)8-7-13(16)18-14(3,4)5/h11-12H,6-10H2,1-5H3. The lowest BCUT2D eigenvalue weighted by molar-refractivity contribution is -0.156. The van der Waals surface area contributed by atoms with Crippen molar-refractivity contribution in [1.29, 1.82) is 0 Å². The third-order valence-corrected chi connectivity index (χ3v) is 3.08. The molecule has 0 aromatic carbocycles. The zero-order valence-electron chi connectivity index (χ0n) is 12.4. The van der Waals surface area contributed by atoms with Gasteiger partial charge in [0.1, 0.15) is 5.60 Å². The molecule has 2 atom stereocenters. The molecular weight excluding hydrogens is 230 g/mol. The summed E-state index contributed by atoms with van der Waals surface area (Å²) in [5, 5.41) is 0. The van der Waals surface area contributed by atoms with Crippen molar-refractivity contribution in [2.45, 2.75) is 65.2 Å². The molecule has 1 rings (SSSR count). The topological polar surface area (TPSA) is 38.8 Å². The molecule has 0 aromatic heterocycles. The van der Waals surface area contributed by atoms with Crippen LogP contribution in [0, 0.1) is 0 Å². The van der Waals surface area contributed by atoms with Gasteiger partial charge in [0.2, 0.25) is 0 Å². The van der Waals surface area contributed by atoms with E-state index in [9.17, 15) is 4.79 Å². The van der Waals surface area contributed by atoms with Crippen molar-refractivity contribution in [3.8, 4) is 0 Å². The van der Waals surface area contributed by atoms with Crippen LogP contribution in [0.5, 0.6) is 0 Å². The number of carbonyl (C=O) groups is 1. The van der Waals surface area contributed by atoms with Gasteiger partial charge in [0.25, 0.3) is 0 Å². The zero-order chi connectivity index (χ0) is 13.8. The predicted molar refractivity (Wildman–Crippen MR) is 71.5 cm³/mol. The third kappa shape index (κ3) is 5.36. The molecule has 2 unspecified atom stereocenters. The van der Waals surface area contributed by atoms with Gasteiger partial charge in [-0.25, -0.2) is 0 Å². The first kappa shape index (κ1) is 15.4. The van der Waals surface area contributed by atoms with Crippen molar-refractivity contribution in [1.82, 2.24) is 4.90 Å². The Morgan fingerprint density at radius 1 is 1.44 bits per heavy atom. The Kier molecular flexibility index (Phi) is 5.60. The van der Waals surface area contributed by atoms with E-state index in [1.54, 1.807) is 0 Å². The van der Waals surface area contributed by atoms with E-state index in [1.807, 2.05) is 20.8 Å². The van der Waals surface area contributed by atoms with Gasteiger partial charge in [0, 0.05) is 19.1 Å². The largest absolute Gasteiger partial charge is 0.460 e. The van der Waals surface area contributed by atoms with Gasteiger partial charge in [-0.3, -0.25) is 9.69 Å². The Hall–Kier alpha value is -0.610. The van der Waals surface area contributed by atoms with Gasteiger partial charge >= 0.3 is 5.97 Å². The van der Waals surface area contributed by atoms with Crippen molar-refractivity contribution >= 4 is 5.97 Å². The molecule has 0 aliphatic carbocycles. The molecule has 18 heavy (non-hydrogen) atoms. The number of esters is 1. The van der Waals surface area contributed by atoms with Crippen molar-refractivity contribution in [3.05, 3.63) is 0 Å². The summed E-state index contributed by atoms with van der Waals surface area (Å²) in [5.41, 5.74) is -0.389. The number of nitrogens with zero attached hydrogens (tertiary/aromatic N) is 1. The fourth-order valence-electron chi connectivity index (χ4n) is 2.19. The van der Waals surface area contributed by atoms with Crippen LogP contribution in [0.3, 0.4) is 0 Å². The van der Waals surface area contributed by atoms with Crippen molar-refractivity contribution in [2.75, 3.05) is 19.7 Å². The maximum atomic E-state index is 11.7. The smallest absolute Gasteiger partial charge is 0.307 e. The van der Waals surface area contributed by atoms with E-state index in [0.717, 1.165) is 26.1 Å². The summed E-state index contributed by atoms with van der Waals surface area (Å²) < 4.78 is 11.0. The lowest BCUT2D eigenvalue weighted by Crippen LogP contribution is -2.49. The third-order valence-electron chi connectivity index (χ3n) is 3.08. The molecule has 0 saturated carbocycles. The lowest BCUT2D eigenvalue weighted by Gasteiger charge is -2.38. The average Bonchev–Trinajstić information content (AvgIpc) is 2.24. The maximum absolute atomic E-state index is 11.7. The molecule has 4 heteroatoms. The number of rotatable bonds is 4. The molecule has 1 aliphatic heterocycles. The summed E-state index contributed by atoms with van der Waals surface area (Å²) in [6.07, 6.45) is 1.77. The van der Waals surface area contributed by atoms with Crippen molar-refractivity contribution < 1.29 is 14.3 Å². The van der Waals surface area contributed by atoms with Crippen LogP contribution in [-0.2, 0) is 14.3 Å². The van der Waals surface area contributed by atoms with Gasteiger partial charge in [-0.2, -0.15) is 0 Å². The molecule has 1 fully saturated rings. The van der Waals surface area contributed by atoms with Crippen LogP contribution in [0.15, 0.2) is 0 Å². The summed E-state index contributed by atoms with van der Waals surface area (Å²) in [6, 6.07) is 0.434. The van der Waals surface area contributed by atoms with Crippen molar-refractivity contribution in [3.63, 3.8) is 0 Å². The van der Waals surface area contributed by atoms with Gasteiger partial charge in [-0.1, -0.05) is 6.92 Å². The van der Waals surface area contributed by atoms with Gasteiger partial charge in [0.05, 0.1) is 19.1 Å². The second-order valence-electron chi connectivity index (χ2n) is 6.04. The number of hydrogen-bond donors (Lipinski definition) is 0. The first-order chi connectivity index (χ1) is 8.31. The molecule has 0 N–H and O–H groups in total. The van der Waals surface area contributed by atoms with Crippen LogP contribution >= 0.6 is 0 Å². The molecule has 0 bridgehead atoms. The first-order valence-electron chi connectivity index (χ1n) is 6.89. The summed E-state index contributed by atoms with van der Waals surface area (Å²) >= 11 is 0. The highest BCUT2D eigenvalue weighted by Crippen LogP contribution is 2.15. The Balaban J connectivity index is 2.38. The highest BCUT2D eigenvalue weighted by Gasteiger charge is 2.26. The second-order valence-corrected chi connectivity index (χ2v) is 6.04. The summed E-state index contributed by atoms with van der Waals surface area (Å²) in [4.78, 5) is 14.0. The fourth-order valence-corrected chi connectivity index (χ4v) is 2.19. The summed E-state index contributed by atoms with van der Waals surface area (Å²) in [7, 11) is 0. The van der Waals surface area contributed by atoms with Crippen LogP contribution in [0.2, 0.25) is 0 Å². The normalized spacial score (nSPS) is 26.1. The summed E-state index contributed by atoms with van der Waals surface area (Å²) in [5.74, 6) is -0.114. The van der Waals surface area contributed by atoms with E-state index >= 15 is 0 Å². The molecule has 1 heterocycles. The number of hydrogen-bond acceptors (Lipinski definition) is 4. The monoisotopic (exact) mass is 257 g/mol. The van der Waals surface area contributed by atoms with Crippen LogP contribution in [0.25, 0.3) is 0 Å². The minimum Gasteiger partial charge on any atom is -0.460 e. The molecule has 1 saturated heterocycles. The highest BCUT2D eigenvalue weighted by atomic mass is 16.6. The van der Waals surface area contributed by atoms with Crippen LogP contribution < -0.4 is 0 Å². The van der Waals surface area contributed by atoms with Crippen LogP contribution in [-0.4, -0.2) is 48.3 Å². The fraction of sp³-hybridized carbons (Fsp3) is 0.929. The van der Waals surface area contributed by atoms with E-state index < -0.39 is 0 Å². The molecule has 0 amide bonds. The molecule has 0 aromatic rings. The zero-order valence-corrected chi connectivity index (χ0v) is 12.4. The molecule has 0 spiro atoms. The van der Waals surface area contributed by atoms with Gasteiger partial charge in [-0.15, -0.1) is 0 Å². The number of carbonyl (C=O) groups excluding carboxylic acids is 1. The van der Waals surface area contributed by atoms with Crippen LogP contribution in [0.1, 0.15) is 47.5 Å². The Morgan fingerprint density at radius 2 is 2.11 bits per heavy atom. The van der Waals surface area contributed by atoms with Gasteiger partial charge in [0.15, 0.2) is 0 Å². The molecular formula is C14H27NO3. The Bertz CT molecular complexity index is 273. The van der Waals surface area contributed by atoms with Crippen molar-refractivity contribution in [2.24, 2.45) is 0 Å². The summed E-state index contributed by atoms with van der Waals surface area (Å²) in [6.45, 7) is 12.4. The van der Waals surface area contributed by atoms with Crippen LogP contribution in [0.4, 0.5) is 0 Å². The lowest BCUT2D eigenvalue weighted by atomic mass is 10.1. The first-order valence-corrected chi connectivity index (χ1v) is 6.89. The van der Waals surface area contributed by atoms with E-state index in [2.05, 4.69) is 18.7 Å². The van der Waals surface area contributed by atoms with Gasteiger partial charge < -0.3 is 9.47 Å². The van der Waals surface area contributed by atoms with E-state index in [1.165, 1.54) is 0 Å². The molecule has 106 valence electrons. The molecule has 1 aliphatic rings.